The average Bonchev–Trinajstić information content (AvgIpc) is 3.68. The van der Waals surface area contributed by atoms with Gasteiger partial charge in [0.1, 0.15) is 5.82 Å². The summed E-state index contributed by atoms with van der Waals surface area (Å²) in [6.45, 7) is 2.64. The average molecular weight is 575 g/mol. The molecule has 2 amide bonds. The molecule has 0 bridgehead atoms. The number of nitrogens with one attached hydrogen (secondary N) is 3. The van der Waals surface area contributed by atoms with Gasteiger partial charge in [0.15, 0.2) is 0 Å². The van der Waals surface area contributed by atoms with E-state index in [0.29, 0.717) is 46.4 Å². The first-order valence-corrected chi connectivity index (χ1v) is 14.2. The van der Waals surface area contributed by atoms with E-state index in [1.807, 2.05) is 35.3 Å². The van der Waals surface area contributed by atoms with Crippen LogP contribution in [-0.4, -0.2) is 72.8 Å². The quantitative estimate of drug-likeness (QED) is 0.278. The van der Waals surface area contributed by atoms with E-state index < -0.39 is 0 Å². The van der Waals surface area contributed by atoms with Crippen molar-refractivity contribution < 1.29 is 9.59 Å². The third-order valence-electron chi connectivity index (χ3n) is 7.93. The number of pyridine rings is 3. The lowest BCUT2D eigenvalue weighted by Crippen LogP contribution is -2.31. The van der Waals surface area contributed by atoms with Crippen LogP contribution in [0.1, 0.15) is 50.7 Å². The minimum absolute atomic E-state index is 0.260. The second kappa shape index (κ2) is 11.1. The number of hydrogen-bond acceptors (Lipinski definition) is 8. The highest BCUT2D eigenvalue weighted by Gasteiger charge is 2.22. The Morgan fingerprint density at radius 1 is 0.977 bits per heavy atom. The number of anilines is 3. The molecule has 3 N–H and O–H groups in total. The Morgan fingerprint density at radius 2 is 1.84 bits per heavy atom. The highest BCUT2D eigenvalue weighted by molar-refractivity contribution is 6.09. The summed E-state index contributed by atoms with van der Waals surface area (Å²) in [6, 6.07) is 9.58. The molecule has 0 saturated carbocycles. The monoisotopic (exact) mass is 574 g/mol. The Bertz CT molecular complexity index is 1850. The second-order valence-electron chi connectivity index (χ2n) is 10.8. The summed E-state index contributed by atoms with van der Waals surface area (Å²) in [4.78, 5) is 37.3. The van der Waals surface area contributed by atoms with Crippen LogP contribution in [0.2, 0.25) is 0 Å². The number of carbonyl (C=O) groups is 2. The first kappa shape index (κ1) is 26.5. The fourth-order valence-corrected chi connectivity index (χ4v) is 5.59. The van der Waals surface area contributed by atoms with Gasteiger partial charge in [0, 0.05) is 36.9 Å². The van der Waals surface area contributed by atoms with E-state index >= 15 is 0 Å². The van der Waals surface area contributed by atoms with Gasteiger partial charge in [-0.2, -0.15) is 10.2 Å². The fourth-order valence-electron chi connectivity index (χ4n) is 5.59. The number of piperidine rings is 1. The van der Waals surface area contributed by atoms with E-state index in [-0.39, 0.29) is 11.8 Å². The van der Waals surface area contributed by atoms with E-state index in [1.54, 1.807) is 47.6 Å². The minimum Gasteiger partial charge on any atom is -0.366 e. The molecule has 0 radical (unpaired) electrons. The molecular formula is C31H30N10O2. The van der Waals surface area contributed by atoms with Crippen LogP contribution < -0.4 is 16.0 Å². The van der Waals surface area contributed by atoms with Gasteiger partial charge in [-0.3, -0.25) is 19.3 Å². The van der Waals surface area contributed by atoms with Crippen LogP contribution >= 0.6 is 0 Å². The number of hydrogen-bond donors (Lipinski definition) is 3. The first-order valence-electron chi connectivity index (χ1n) is 14.2. The molecule has 7 heterocycles. The topological polar surface area (TPSA) is 134 Å². The van der Waals surface area contributed by atoms with Crippen molar-refractivity contribution in [2.75, 3.05) is 42.6 Å². The molecule has 0 aliphatic carbocycles. The van der Waals surface area contributed by atoms with Gasteiger partial charge in [-0.25, -0.2) is 9.50 Å². The predicted molar refractivity (Wildman–Crippen MR) is 163 cm³/mol. The summed E-state index contributed by atoms with van der Waals surface area (Å²) in [7, 11) is 2.13. The lowest BCUT2D eigenvalue weighted by atomic mass is 9.95. The van der Waals surface area contributed by atoms with Crippen molar-refractivity contribution in [2.24, 2.45) is 0 Å². The molecule has 5 aromatic heterocycles. The van der Waals surface area contributed by atoms with Crippen LogP contribution in [0.15, 0.2) is 79.8 Å². The third kappa shape index (κ3) is 5.35. The Hall–Kier alpha value is -5.36. The molecule has 0 aromatic carbocycles. The van der Waals surface area contributed by atoms with Crippen molar-refractivity contribution in [3.8, 4) is 0 Å². The molecule has 5 aromatic rings. The summed E-state index contributed by atoms with van der Waals surface area (Å²) >= 11 is 0. The predicted octanol–water partition coefficient (Wildman–Crippen LogP) is 3.95. The highest BCUT2D eigenvalue weighted by Crippen LogP contribution is 2.33. The third-order valence-corrected chi connectivity index (χ3v) is 7.93. The lowest BCUT2D eigenvalue weighted by molar-refractivity contribution is 0.101. The van der Waals surface area contributed by atoms with Gasteiger partial charge in [0.05, 0.1) is 52.7 Å². The Morgan fingerprint density at radius 3 is 2.67 bits per heavy atom. The Labute approximate surface area is 247 Å². The van der Waals surface area contributed by atoms with Gasteiger partial charge in [-0.05, 0) is 74.4 Å². The van der Waals surface area contributed by atoms with Crippen molar-refractivity contribution in [3.63, 3.8) is 0 Å². The normalized spacial score (nSPS) is 15.4. The van der Waals surface area contributed by atoms with E-state index in [9.17, 15) is 9.59 Å². The summed E-state index contributed by atoms with van der Waals surface area (Å²) in [5.41, 5.74) is 5.37. The lowest BCUT2D eigenvalue weighted by Gasteiger charge is -2.28. The van der Waals surface area contributed by atoms with Crippen LogP contribution in [-0.2, 0) is 0 Å². The zero-order valence-electron chi connectivity index (χ0n) is 23.6. The molecule has 2 aliphatic rings. The number of amides is 2. The van der Waals surface area contributed by atoms with Crippen LogP contribution in [0.4, 0.5) is 17.2 Å². The smallest absolute Gasteiger partial charge is 0.259 e. The van der Waals surface area contributed by atoms with Crippen molar-refractivity contribution >= 4 is 40.1 Å². The maximum Gasteiger partial charge on any atom is 0.259 e. The minimum atomic E-state index is -0.278. The molecule has 216 valence electrons. The van der Waals surface area contributed by atoms with Gasteiger partial charge in [0.2, 0.25) is 0 Å². The fraction of sp³-hybridized carbons (Fsp3) is 0.226. The number of carbonyl (C=O) groups excluding carboxylic acids is 2. The molecule has 43 heavy (non-hydrogen) atoms. The molecule has 0 spiro atoms. The molecule has 7 rings (SSSR count). The van der Waals surface area contributed by atoms with Gasteiger partial charge in [0.25, 0.3) is 11.8 Å². The van der Waals surface area contributed by atoms with Crippen molar-refractivity contribution in [2.45, 2.75) is 18.9 Å². The van der Waals surface area contributed by atoms with Crippen LogP contribution in [0.25, 0.3) is 11.1 Å². The summed E-state index contributed by atoms with van der Waals surface area (Å²) in [5.74, 6) is 0.149. The van der Waals surface area contributed by atoms with Crippen molar-refractivity contribution in [1.82, 2.24) is 34.3 Å². The molecule has 12 nitrogen and oxygen atoms in total. The van der Waals surface area contributed by atoms with E-state index in [4.69, 9.17) is 0 Å². The number of rotatable bonds is 6. The van der Waals surface area contributed by atoms with Crippen LogP contribution in [0.5, 0.6) is 0 Å². The van der Waals surface area contributed by atoms with E-state index in [1.165, 1.54) is 0 Å². The molecule has 2 aliphatic heterocycles. The standard InChI is InChI=1S/C31H30N10O2/c1-39-10-6-24(7-11-39)41-19-23(17-35-41)38-30(42)21-13-26-25(4-9-33-29(26)34-15-21)20-5-12-40-28(14-20)27(18-36-40)31(43)37-22-3-2-8-32-16-22/h2-5,8,12-19,24H,6-7,9-11H2,1H3,(H,33,34)(H,37,43)(H,38,42). The van der Waals surface area contributed by atoms with Crippen molar-refractivity contribution in [1.29, 1.82) is 0 Å². The number of nitrogens with zero attached hydrogens (tertiary/aromatic N) is 7. The molecule has 0 atom stereocenters. The maximum atomic E-state index is 13.3. The van der Waals surface area contributed by atoms with Crippen molar-refractivity contribution in [3.05, 3.63) is 102 Å². The number of fused-ring (bicyclic) bond motifs is 2. The van der Waals surface area contributed by atoms with Crippen LogP contribution in [0.3, 0.4) is 0 Å². The first-order chi connectivity index (χ1) is 21.0. The molecule has 0 unspecified atom stereocenters. The van der Waals surface area contributed by atoms with Gasteiger partial charge >= 0.3 is 0 Å². The highest BCUT2D eigenvalue weighted by atomic mass is 16.2. The SMILES string of the molecule is CN1CCC(n2cc(NC(=O)c3cnc4c(c3)C(c3ccn5ncc(C(=O)Nc6cccnc6)c5c3)=CCN4)cn2)CC1. The largest absolute Gasteiger partial charge is 0.366 e. The molecule has 1 saturated heterocycles. The Kier molecular flexibility index (Phi) is 6.87. The van der Waals surface area contributed by atoms with E-state index in [2.05, 4.69) is 54.1 Å². The summed E-state index contributed by atoms with van der Waals surface area (Å²) < 4.78 is 3.62. The molecule has 1 fully saturated rings. The summed E-state index contributed by atoms with van der Waals surface area (Å²) in [6.07, 6.45) is 15.9. The van der Waals surface area contributed by atoms with E-state index in [0.717, 1.165) is 42.6 Å². The van der Waals surface area contributed by atoms with Gasteiger partial charge in [-0.1, -0.05) is 6.08 Å². The zero-order valence-corrected chi connectivity index (χ0v) is 23.6. The zero-order chi connectivity index (χ0) is 29.3. The summed E-state index contributed by atoms with van der Waals surface area (Å²) in [5, 5.41) is 18.0. The number of likely N-dealkylation sites (tertiary alicyclic amines) is 1. The number of aromatic nitrogens is 6. The van der Waals surface area contributed by atoms with Gasteiger partial charge in [-0.15, -0.1) is 0 Å². The Balaban J connectivity index is 1.13. The van der Waals surface area contributed by atoms with Crippen LogP contribution in [0, 0.1) is 0 Å². The molecule has 12 heteroatoms. The van der Waals surface area contributed by atoms with Gasteiger partial charge < -0.3 is 20.9 Å². The molecular weight excluding hydrogens is 544 g/mol. The maximum absolute atomic E-state index is 13.3. The second-order valence-corrected chi connectivity index (χ2v) is 10.8.